The Balaban J connectivity index is 0.00000504. The van der Waals surface area contributed by atoms with Crippen LogP contribution in [0.5, 0.6) is 11.5 Å². The molecule has 2 heterocycles. The summed E-state index contributed by atoms with van der Waals surface area (Å²) in [7, 11) is 1.62. The first-order valence-corrected chi connectivity index (χ1v) is 16.2. The van der Waals surface area contributed by atoms with Crippen LogP contribution in [0, 0.1) is 57.3 Å². The number of nitrogens with zero attached hydrogens (tertiary/aromatic N) is 5. The Hall–Kier alpha value is -4.91. The van der Waals surface area contributed by atoms with E-state index < -0.39 is 28.7 Å². The average molecular weight is 780 g/mol. The van der Waals surface area contributed by atoms with Gasteiger partial charge in [-0.3, -0.25) is 13.8 Å². The normalized spacial score (nSPS) is 11.3. The molecule has 51 heavy (non-hydrogen) atoms. The summed E-state index contributed by atoms with van der Waals surface area (Å²) in [4.78, 5) is 12.9. The number of aryl methyl sites for hydroxylation is 5. The Morgan fingerprint density at radius 2 is 1.39 bits per heavy atom. The molecular weight excluding hydrogens is 742 g/mol. The summed E-state index contributed by atoms with van der Waals surface area (Å²) < 4.78 is 53.4. The Bertz CT molecular complexity index is 2150. The molecule has 4 aromatic carbocycles. The van der Waals surface area contributed by atoms with E-state index in [1.54, 1.807) is 25.5 Å². The first-order chi connectivity index (χ1) is 23.7. The molecule has 0 bridgehead atoms. The van der Waals surface area contributed by atoms with Gasteiger partial charge in [0.15, 0.2) is 0 Å². The molecule has 0 spiro atoms. The quantitative estimate of drug-likeness (QED) is 0.0875. The molecule has 0 atom stereocenters. The van der Waals surface area contributed by atoms with Crippen molar-refractivity contribution in [1.82, 2.24) is 14.5 Å². The fourth-order valence-corrected chi connectivity index (χ4v) is 6.12. The van der Waals surface area contributed by atoms with Crippen molar-refractivity contribution in [3.8, 4) is 22.9 Å². The number of hydrogen-bond donors (Lipinski definition) is 0. The Morgan fingerprint density at radius 3 is 1.92 bits per heavy atom. The SMILES string of the molecule is Cc1ccc(N(c2cc(Oc3[c-]c(-c4nccn4C)c(F)c(F)c3F)[c-]c(N(c3ccccn3)C(C)(C)C)c2)c2ccc(C)cc2C)c(C)c1.[Pd+2]. The van der Waals surface area contributed by atoms with Gasteiger partial charge in [-0.15, -0.1) is 18.2 Å². The molecule has 10 heteroatoms. The van der Waals surface area contributed by atoms with Gasteiger partial charge in [-0.25, -0.2) is 9.37 Å². The van der Waals surface area contributed by atoms with Crippen molar-refractivity contribution in [3.05, 3.63) is 137 Å². The van der Waals surface area contributed by atoms with E-state index in [4.69, 9.17) is 4.74 Å². The molecule has 6 rings (SSSR count). The van der Waals surface area contributed by atoms with Crippen LogP contribution in [-0.4, -0.2) is 20.1 Å². The third-order valence-corrected chi connectivity index (χ3v) is 8.35. The maximum absolute atomic E-state index is 15.5. The van der Waals surface area contributed by atoms with Crippen LogP contribution in [0.15, 0.2) is 85.3 Å². The van der Waals surface area contributed by atoms with Gasteiger partial charge in [-0.2, -0.15) is 0 Å². The molecular formula is C41H38F3N5OPd. The third-order valence-electron chi connectivity index (χ3n) is 8.35. The standard InChI is InChI=1S/C41H38F3N5O.Pd/c1-25-12-14-33(27(3)19-25)48(34-15-13-26(2)20-28(34)4)29-21-30(49(41(5,6)7)36-11-9-10-16-45-36)23-31(22-29)50-35-24-32(37(42)39(44)38(35)43)40-46-17-18-47(40)8;/h9-22H,1-8H3;/q-2;+2. The zero-order valence-electron chi connectivity index (χ0n) is 29.7. The van der Waals surface area contributed by atoms with Gasteiger partial charge in [0.1, 0.15) is 17.5 Å². The number of imidazole rings is 1. The second kappa shape index (κ2) is 14.8. The number of halogens is 3. The van der Waals surface area contributed by atoms with Crippen LogP contribution >= 0.6 is 0 Å². The number of rotatable bonds is 8. The molecule has 0 saturated carbocycles. The number of anilines is 5. The van der Waals surface area contributed by atoms with E-state index in [9.17, 15) is 0 Å². The molecule has 0 unspecified atom stereocenters. The fourth-order valence-electron chi connectivity index (χ4n) is 6.12. The maximum Gasteiger partial charge on any atom is 2.00 e. The van der Waals surface area contributed by atoms with Gasteiger partial charge in [0.05, 0.1) is 17.4 Å². The largest absolute Gasteiger partial charge is 2.00 e. The number of benzene rings is 4. The summed E-state index contributed by atoms with van der Waals surface area (Å²) in [5, 5.41) is 0. The van der Waals surface area contributed by atoms with E-state index in [2.05, 4.69) is 51.3 Å². The second-order valence-corrected chi connectivity index (χ2v) is 13.4. The van der Waals surface area contributed by atoms with Crippen molar-refractivity contribution < 1.29 is 38.3 Å². The number of pyridine rings is 1. The molecule has 6 nitrogen and oxygen atoms in total. The van der Waals surface area contributed by atoms with Crippen molar-refractivity contribution in [2.75, 3.05) is 9.80 Å². The summed E-state index contributed by atoms with van der Waals surface area (Å²) >= 11 is 0. The average Bonchev–Trinajstić information content (AvgIpc) is 3.48. The van der Waals surface area contributed by atoms with Crippen LogP contribution < -0.4 is 14.5 Å². The minimum Gasteiger partial charge on any atom is -0.500 e. The van der Waals surface area contributed by atoms with E-state index in [-0.39, 0.29) is 37.6 Å². The molecule has 0 N–H and O–H groups in total. The molecule has 2 aromatic heterocycles. The first kappa shape index (κ1) is 37.4. The van der Waals surface area contributed by atoms with Gasteiger partial charge in [0, 0.05) is 48.3 Å². The molecule has 0 aliphatic rings. The third kappa shape index (κ3) is 7.58. The Morgan fingerprint density at radius 1 is 0.745 bits per heavy atom. The monoisotopic (exact) mass is 779 g/mol. The molecule has 0 amide bonds. The van der Waals surface area contributed by atoms with Gasteiger partial charge in [-0.1, -0.05) is 64.5 Å². The first-order valence-electron chi connectivity index (χ1n) is 16.2. The zero-order valence-corrected chi connectivity index (χ0v) is 31.2. The summed E-state index contributed by atoms with van der Waals surface area (Å²) in [6.07, 6.45) is 4.71. The van der Waals surface area contributed by atoms with Gasteiger partial charge in [0.2, 0.25) is 0 Å². The Labute approximate surface area is 311 Å². The van der Waals surface area contributed by atoms with Crippen LogP contribution in [0.2, 0.25) is 0 Å². The van der Waals surface area contributed by atoms with Crippen molar-refractivity contribution in [3.63, 3.8) is 0 Å². The topological polar surface area (TPSA) is 46.4 Å². The Kier molecular flexibility index (Phi) is 10.8. The molecule has 0 aliphatic carbocycles. The molecule has 0 saturated heterocycles. The number of hydrogen-bond acceptors (Lipinski definition) is 5. The van der Waals surface area contributed by atoms with Crippen LogP contribution in [-0.2, 0) is 27.5 Å². The van der Waals surface area contributed by atoms with Crippen molar-refractivity contribution in [2.24, 2.45) is 7.05 Å². The van der Waals surface area contributed by atoms with Crippen molar-refractivity contribution in [1.29, 1.82) is 0 Å². The summed E-state index contributed by atoms with van der Waals surface area (Å²) in [5.41, 5.74) is 6.43. The van der Waals surface area contributed by atoms with Gasteiger partial charge in [0.25, 0.3) is 0 Å². The predicted octanol–water partition coefficient (Wildman–Crippen LogP) is 10.9. The van der Waals surface area contributed by atoms with E-state index in [0.717, 1.165) is 33.6 Å². The summed E-state index contributed by atoms with van der Waals surface area (Å²) in [5.74, 6) is -4.49. The smallest absolute Gasteiger partial charge is 0.500 e. The van der Waals surface area contributed by atoms with E-state index >= 15 is 13.2 Å². The molecule has 0 fully saturated rings. The minimum atomic E-state index is -1.69. The van der Waals surface area contributed by atoms with Gasteiger partial charge in [-0.05, 0) is 83.9 Å². The van der Waals surface area contributed by atoms with Crippen LogP contribution in [0.1, 0.15) is 43.0 Å². The van der Waals surface area contributed by atoms with Crippen LogP contribution in [0.4, 0.5) is 41.7 Å². The molecule has 264 valence electrons. The van der Waals surface area contributed by atoms with Crippen LogP contribution in [0.3, 0.4) is 0 Å². The van der Waals surface area contributed by atoms with E-state index in [1.165, 1.54) is 10.8 Å². The number of ether oxygens (including phenoxy) is 1. The summed E-state index contributed by atoms with van der Waals surface area (Å²) in [6.45, 7) is 14.3. The minimum absolute atomic E-state index is 0. The van der Waals surface area contributed by atoms with E-state index in [0.29, 0.717) is 17.2 Å². The predicted molar refractivity (Wildman–Crippen MR) is 192 cm³/mol. The van der Waals surface area contributed by atoms with Crippen molar-refractivity contribution >= 4 is 28.6 Å². The molecule has 0 aliphatic heterocycles. The molecule has 0 radical (unpaired) electrons. The van der Waals surface area contributed by atoms with Gasteiger partial charge >= 0.3 is 20.4 Å². The number of aromatic nitrogens is 3. The maximum atomic E-state index is 15.5. The van der Waals surface area contributed by atoms with Crippen LogP contribution in [0.25, 0.3) is 11.4 Å². The fraction of sp³-hybridized carbons (Fsp3) is 0.220. The molecule has 6 aromatic rings. The van der Waals surface area contributed by atoms with E-state index in [1.807, 2.05) is 89.8 Å². The van der Waals surface area contributed by atoms with Crippen molar-refractivity contribution in [2.45, 2.75) is 54.0 Å². The second-order valence-electron chi connectivity index (χ2n) is 13.4. The zero-order chi connectivity index (χ0) is 35.9. The van der Waals surface area contributed by atoms with Gasteiger partial charge < -0.3 is 19.1 Å². The summed E-state index contributed by atoms with van der Waals surface area (Å²) in [6, 6.07) is 27.6.